The van der Waals surface area contributed by atoms with Gasteiger partial charge in [-0.05, 0) is 13.3 Å². The summed E-state index contributed by atoms with van der Waals surface area (Å²) in [5.74, 6) is 1.67. The maximum atomic E-state index is 9.76. The number of nitrogens with zero attached hydrogens (tertiary/aromatic N) is 3. The van der Waals surface area contributed by atoms with E-state index in [0.29, 0.717) is 13.2 Å². The predicted octanol–water partition coefficient (Wildman–Crippen LogP) is 1.05. The smallest absolute Gasteiger partial charge is 0.136 e. The van der Waals surface area contributed by atoms with E-state index in [2.05, 4.69) is 22.2 Å². The summed E-state index contributed by atoms with van der Waals surface area (Å²) >= 11 is 0. The molecule has 0 radical (unpaired) electrons. The molecule has 0 saturated heterocycles. The Morgan fingerprint density at radius 3 is 2.84 bits per heavy atom. The zero-order chi connectivity index (χ0) is 14.3. The molecule has 0 amide bonds. The summed E-state index contributed by atoms with van der Waals surface area (Å²) in [6.45, 7) is 5.76. The summed E-state index contributed by atoms with van der Waals surface area (Å²) < 4.78 is 4.93. The van der Waals surface area contributed by atoms with Gasteiger partial charge in [0.05, 0.1) is 12.7 Å². The van der Waals surface area contributed by atoms with Crippen molar-refractivity contribution in [1.82, 2.24) is 9.97 Å². The van der Waals surface area contributed by atoms with E-state index in [-0.39, 0.29) is 0 Å². The zero-order valence-corrected chi connectivity index (χ0v) is 12.2. The summed E-state index contributed by atoms with van der Waals surface area (Å²) in [6.07, 6.45) is 2.05. The van der Waals surface area contributed by atoms with E-state index in [1.807, 2.05) is 18.9 Å². The lowest BCUT2D eigenvalue weighted by Crippen LogP contribution is -2.33. The zero-order valence-electron chi connectivity index (χ0n) is 12.2. The van der Waals surface area contributed by atoms with Crippen molar-refractivity contribution in [3.8, 4) is 0 Å². The Morgan fingerprint density at radius 1 is 1.47 bits per heavy atom. The highest BCUT2D eigenvalue weighted by Gasteiger charge is 2.14. The molecule has 19 heavy (non-hydrogen) atoms. The van der Waals surface area contributed by atoms with E-state index in [9.17, 15) is 5.11 Å². The summed E-state index contributed by atoms with van der Waals surface area (Å²) in [7, 11) is 3.48. The highest BCUT2D eigenvalue weighted by atomic mass is 16.5. The number of aliphatic hydroxyl groups excluding tert-OH is 1. The Morgan fingerprint density at radius 2 is 2.21 bits per heavy atom. The highest BCUT2D eigenvalue weighted by Crippen LogP contribution is 2.21. The van der Waals surface area contributed by atoms with Crippen molar-refractivity contribution in [1.29, 1.82) is 0 Å². The topological polar surface area (TPSA) is 70.5 Å². The van der Waals surface area contributed by atoms with Gasteiger partial charge in [-0.2, -0.15) is 0 Å². The van der Waals surface area contributed by atoms with Crippen LogP contribution < -0.4 is 10.2 Å². The molecule has 0 saturated carbocycles. The van der Waals surface area contributed by atoms with Crippen LogP contribution in [0.4, 0.5) is 11.6 Å². The first-order valence-electron chi connectivity index (χ1n) is 6.53. The average Bonchev–Trinajstić information content (AvgIpc) is 2.37. The number of anilines is 2. The van der Waals surface area contributed by atoms with Gasteiger partial charge < -0.3 is 20.1 Å². The van der Waals surface area contributed by atoms with Crippen LogP contribution >= 0.6 is 0 Å². The number of nitrogens with one attached hydrogen (secondary N) is 1. The van der Waals surface area contributed by atoms with Crippen LogP contribution in [0.5, 0.6) is 0 Å². The van der Waals surface area contributed by atoms with Gasteiger partial charge in [0.1, 0.15) is 18.0 Å². The molecule has 0 aliphatic rings. The van der Waals surface area contributed by atoms with Gasteiger partial charge in [-0.15, -0.1) is 0 Å². The molecule has 6 nitrogen and oxygen atoms in total. The van der Waals surface area contributed by atoms with E-state index < -0.39 is 6.10 Å². The molecule has 1 aromatic rings. The van der Waals surface area contributed by atoms with Gasteiger partial charge in [-0.25, -0.2) is 9.97 Å². The molecule has 1 aromatic heterocycles. The van der Waals surface area contributed by atoms with Crippen molar-refractivity contribution < 1.29 is 9.84 Å². The molecule has 0 aliphatic heterocycles. The largest absolute Gasteiger partial charge is 0.389 e. The molecule has 2 N–H and O–H groups in total. The van der Waals surface area contributed by atoms with Crippen molar-refractivity contribution in [2.75, 3.05) is 44.1 Å². The molecule has 0 aromatic carbocycles. The maximum absolute atomic E-state index is 9.76. The molecule has 1 rings (SSSR count). The molecule has 1 unspecified atom stereocenters. The lowest BCUT2D eigenvalue weighted by Gasteiger charge is -2.23. The fourth-order valence-corrected chi connectivity index (χ4v) is 1.90. The second-order valence-electron chi connectivity index (χ2n) is 4.59. The van der Waals surface area contributed by atoms with Gasteiger partial charge in [0.15, 0.2) is 0 Å². The van der Waals surface area contributed by atoms with E-state index in [4.69, 9.17) is 4.74 Å². The van der Waals surface area contributed by atoms with Crippen molar-refractivity contribution >= 4 is 11.6 Å². The monoisotopic (exact) mass is 268 g/mol. The number of hydrogen-bond acceptors (Lipinski definition) is 6. The lowest BCUT2D eigenvalue weighted by atomic mass is 10.2. The molecule has 6 heteroatoms. The third-order valence-electron chi connectivity index (χ3n) is 2.81. The summed E-state index contributed by atoms with van der Waals surface area (Å²) in [6, 6.07) is 0. The predicted molar refractivity (Wildman–Crippen MR) is 76.7 cm³/mol. The summed E-state index contributed by atoms with van der Waals surface area (Å²) in [4.78, 5) is 10.4. The van der Waals surface area contributed by atoms with Crippen LogP contribution in [0.2, 0.25) is 0 Å². The fourth-order valence-electron chi connectivity index (χ4n) is 1.90. The van der Waals surface area contributed by atoms with Crippen molar-refractivity contribution in [3.05, 3.63) is 11.9 Å². The van der Waals surface area contributed by atoms with E-state index in [1.54, 1.807) is 13.4 Å². The maximum Gasteiger partial charge on any atom is 0.136 e. The van der Waals surface area contributed by atoms with Crippen molar-refractivity contribution in [3.63, 3.8) is 0 Å². The minimum atomic E-state index is -0.531. The normalized spacial score (nSPS) is 12.3. The van der Waals surface area contributed by atoms with E-state index >= 15 is 0 Å². The average molecular weight is 268 g/mol. The highest BCUT2D eigenvalue weighted by molar-refractivity contribution is 5.57. The Bertz CT molecular complexity index is 387. The first-order chi connectivity index (χ1) is 9.10. The SMILES string of the molecule is CCCNc1ncnc(N(C)CC(O)COC)c1C. The van der Waals surface area contributed by atoms with E-state index in [0.717, 1.165) is 30.2 Å². The van der Waals surface area contributed by atoms with Gasteiger partial charge in [-0.1, -0.05) is 6.92 Å². The molecule has 1 heterocycles. The van der Waals surface area contributed by atoms with Gasteiger partial charge >= 0.3 is 0 Å². The molecular weight excluding hydrogens is 244 g/mol. The number of aromatic nitrogens is 2. The summed E-state index contributed by atoms with van der Waals surface area (Å²) in [5, 5.41) is 13.0. The van der Waals surface area contributed by atoms with Crippen LogP contribution in [0.1, 0.15) is 18.9 Å². The second-order valence-corrected chi connectivity index (χ2v) is 4.59. The molecular formula is C13H24N4O2. The number of methoxy groups -OCH3 is 1. The Labute approximate surface area is 114 Å². The van der Waals surface area contributed by atoms with E-state index in [1.165, 1.54) is 0 Å². The third kappa shape index (κ3) is 4.65. The quantitative estimate of drug-likeness (QED) is 0.734. The van der Waals surface area contributed by atoms with Crippen LogP contribution in [0.25, 0.3) is 0 Å². The Balaban J connectivity index is 2.76. The van der Waals surface area contributed by atoms with Crippen LogP contribution in [0.15, 0.2) is 6.33 Å². The van der Waals surface area contributed by atoms with Crippen molar-refractivity contribution in [2.24, 2.45) is 0 Å². The van der Waals surface area contributed by atoms with Crippen LogP contribution in [0, 0.1) is 6.92 Å². The number of aliphatic hydroxyl groups is 1. The Kier molecular flexibility index (Phi) is 6.52. The van der Waals surface area contributed by atoms with Crippen LogP contribution in [-0.2, 0) is 4.74 Å². The van der Waals surface area contributed by atoms with Gasteiger partial charge in [0.2, 0.25) is 0 Å². The third-order valence-corrected chi connectivity index (χ3v) is 2.81. The second kappa shape index (κ2) is 7.91. The number of hydrogen-bond donors (Lipinski definition) is 2. The number of likely N-dealkylation sites (N-methyl/N-ethyl adjacent to an activating group) is 1. The van der Waals surface area contributed by atoms with Crippen LogP contribution in [0.3, 0.4) is 0 Å². The standard InChI is InChI=1S/C13H24N4O2/c1-5-6-14-12-10(2)13(16-9-15-12)17(3)7-11(18)8-19-4/h9,11,18H,5-8H2,1-4H3,(H,14,15,16). The first-order valence-corrected chi connectivity index (χ1v) is 6.53. The molecule has 0 spiro atoms. The molecule has 108 valence electrons. The lowest BCUT2D eigenvalue weighted by molar-refractivity contribution is 0.0694. The van der Waals surface area contributed by atoms with Crippen molar-refractivity contribution in [2.45, 2.75) is 26.4 Å². The first kappa shape index (κ1) is 15.7. The minimum Gasteiger partial charge on any atom is -0.389 e. The fraction of sp³-hybridized carbons (Fsp3) is 0.692. The number of ether oxygens (including phenoxy) is 1. The molecule has 0 bridgehead atoms. The Hall–Kier alpha value is -1.40. The molecule has 1 atom stereocenters. The van der Waals surface area contributed by atoms with Gasteiger partial charge in [0.25, 0.3) is 0 Å². The van der Waals surface area contributed by atoms with Gasteiger partial charge in [-0.3, -0.25) is 0 Å². The summed E-state index contributed by atoms with van der Waals surface area (Å²) in [5.41, 5.74) is 0.989. The molecule has 0 fully saturated rings. The minimum absolute atomic E-state index is 0.315. The molecule has 0 aliphatic carbocycles. The van der Waals surface area contributed by atoms with Gasteiger partial charge in [0, 0.05) is 32.8 Å². The number of rotatable bonds is 8. The van der Waals surface area contributed by atoms with Crippen LogP contribution in [-0.4, -0.2) is 55.0 Å².